The molecule has 72 valence electrons. The van der Waals surface area contributed by atoms with Gasteiger partial charge in [0.05, 0.1) is 0 Å². The van der Waals surface area contributed by atoms with Crippen molar-refractivity contribution in [3.05, 3.63) is 0 Å². The van der Waals surface area contributed by atoms with Gasteiger partial charge < -0.3 is 0 Å². The molecule has 0 aromatic rings. The Kier molecular flexibility index (Phi) is 6.11. The van der Waals surface area contributed by atoms with Crippen LogP contribution >= 0.6 is 15.9 Å². The van der Waals surface area contributed by atoms with Crippen LogP contribution in [0, 0.1) is 5.92 Å². The Bertz CT molecular complexity index is 93.2. The molecule has 0 bridgehead atoms. The molecule has 0 radical (unpaired) electrons. The summed E-state index contributed by atoms with van der Waals surface area (Å²) in [4.78, 5) is 0. The zero-order valence-corrected chi connectivity index (χ0v) is 9.61. The molecule has 0 spiro atoms. The van der Waals surface area contributed by atoms with E-state index in [1.54, 1.807) is 0 Å². The normalized spacial score (nSPS) is 20.8. The first-order valence-electron chi connectivity index (χ1n) is 5.49. The molecule has 1 saturated carbocycles. The number of alkyl halides is 1. The van der Waals surface area contributed by atoms with Gasteiger partial charge in [0.1, 0.15) is 0 Å². The highest BCUT2D eigenvalue weighted by Gasteiger charge is 2.10. The van der Waals surface area contributed by atoms with Crippen LogP contribution in [0.3, 0.4) is 0 Å². The van der Waals surface area contributed by atoms with Gasteiger partial charge in [0.25, 0.3) is 0 Å². The van der Waals surface area contributed by atoms with Gasteiger partial charge in [-0.3, -0.25) is 0 Å². The van der Waals surface area contributed by atoms with Gasteiger partial charge in [0, 0.05) is 5.33 Å². The third-order valence-corrected chi connectivity index (χ3v) is 3.53. The molecule has 0 aromatic heterocycles. The second-order valence-corrected chi connectivity index (χ2v) is 4.84. The fourth-order valence-corrected chi connectivity index (χ4v) is 2.58. The number of unbranched alkanes of at least 4 members (excludes halogenated alkanes) is 1. The van der Waals surface area contributed by atoms with Crippen molar-refractivity contribution in [2.75, 3.05) is 5.33 Å². The molecule has 0 heterocycles. The second kappa shape index (κ2) is 6.94. The van der Waals surface area contributed by atoms with Crippen molar-refractivity contribution < 1.29 is 0 Å². The minimum atomic E-state index is 1.08. The Balaban J connectivity index is 2.04. The molecule has 0 saturated heterocycles. The van der Waals surface area contributed by atoms with E-state index in [-0.39, 0.29) is 0 Å². The number of halogens is 1. The van der Waals surface area contributed by atoms with Crippen LogP contribution in [0.1, 0.15) is 57.8 Å². The molecule has 0 atom stereocenters. The number of rotatable bonds is 4. The van der Waals surface area contributed by atoms with Crippen molar-refractivity contribution in [1.29, 1.82) is 0 Å². The van der Waals surface area contributed by atoms with Crippen molar-refractivity contribution >= 4 is 15.9 Å². The van der Waals surface area contributed by atoms with E-state index in [4.69, 9.17) is 0 Å². The van der Waals surface area contributed by atoms with Gasteiger partial charge in [-0.2, -0.15) is 0 Å². The predicted octanol–water partition coefficient (Wildman–Crippen LogP) is 4.52. The standard InChI is InChI=1S/C11H21Br/c12-10-6-5-9-11-7-3-1-2-4-8-11/h11H,1-10H2. The van der Waals surface area contributed by atoms with E-state index in [9.17, 15) is 0 Å². The van der Waals surface area contributed by atoms with E-state index in [1.807, 2.05) is 0 Å². The van der Waals surface area contributed by atoms with Gasteiger partial charge in [-0.25, -0.2) is 0 Å². The Morgan fingerprint density at radius 3 is 2.17 bits per heavy atom. The van der Waals surface area contributed by atoms with Gasteiger partial charge in [-0.1, -0.05) is 67.3 Å². The van der Waals surface area contributed by atoms with Crippen LogP contribution in [0.5, 0.6) is 0 Å². The van der Waals surface area contributed by atoms with Crippen molar-refractivity contribution in [2.24, 2.45) is 5.92 Å². The molecule has 1 fully saturated rings. The van der Waals surface area contributed by atoms with Gasteiger partial charge >= 0.3 is 0 Å². The van der Waals surface area contributed by atoms with Crippen LogP contribution < -0.4 is 0 Å². The second-order valence-electron chi connectivity index (χ2n) is 4.04. The molecule has 1 heteroatoms. The molecule has 1 aliphatic rings. The average Bonchev–Trinajstić information content (AvgIpc) is 2.33. The number of hydrogen-bond donors (Lipinski definition) is 0. The van der Waals surface area contributed by atoms with Crippen LogP contribution in [0.25, 0.3) is 0 Å². The van der Waals surface area contributed by atoms with E-state index >= 15 is 0 Å². The zero-order valence-electron chi connectivity index (χ0n) is 8.03. The van der Waals surface area contributed by atoms with Gasteiger partial charge in [0.15, 0.2) is 0 Å². The zero-order chi connectivity index (χ0) is 8.65. The van der Waals surface area contributed by atoms with Crippen LogP contribution in [0.4, 0.5) is 0 Å². The fraction of sp³-hybridized carbons (Fsp3) is 1.00. The highest BCUT2D eigenvalue weighted by atomic mass is 79.9. The maximum Gasteiger partial charge on any atom is 0.00313 e. The molecular formula is C11H21Br. The summed E-state index contributed by atoms with van der Waals surface area (Å²) in [6.45, 7) is 0. The lowest BCUT2D eigenvalue weighted by Crippen LogP contribution is -1.98. The summed E-state index contributed by atoms with van der Waals surface area (Å²) in [6.07, 6.45) is 13.3. The highest BCUT2D eigenvalue weighted by Crippen LogP contribution is 2.26. The Labute approximate surface area is 85.3 Å². The van der Waals surface area contributed by atoms with E-state index < -0.39 is 0 Å². The summed E-state index contributed by atoms with van der Waals surface area (Å²) in [7, 11) is 0. The van der Waals surface area contributed by atoms with E-state index in [2.05, 4.69) is 15.9 Å². The van der Waals surface area contributed by atoms with Crippen molar-refractivity contribution in [3.63, 3.8) is 0 Å². The predicted molar refractivity (Wildman–Crippen MR) is 58.8 cm³/mol. The molecule has 1 aliphatic carbocycles. The van der Waals surface area contributed by atoms with Crippen LogP contribution in [0.2, 0.25) is 0 Å². The third kappa shape index (κ3) is 4.49. The monoisotopic (exact) mass is 232 g/mol. The van der Waals surface area contributed by atoms with E-state index in [1.165, 1.54) is 63.1 Å². The summed E-state index contributed by atoms with van der Waals surface area (Å²) in [5.41, 5.74) is 0. The van der Waals surface area contributed by atoms with Crippen LogP contribution in [-0.2, 0) is 0 Å². The van der Waals surface area contributed by atoms with Gasteiger partial charge in [-0.15, -0.1) is 0 Å². The summed E-state index contributed by atoms with van der Waals surface area (Å²) in [5, 5.41) is 1.19. The average molecular weight is 233 g/mol. The Morgan fingerprint density at radius 1 is 0.917 bits per heavy atom. The smallest absolute Gasteiger partial charge is 0.00313 e. The van der Waals surface area contributed by atoms with Gasteiger partial charge in [-0.05, 0) is 12.3 Å². The first-order chi connectivity index (χ1) is 5.93. The lowest BCUT2D eigenvalue weighted by molar-refractivity contribution is 0.414. The lowest BCUT2D eigenvalue weighted by Gasteiger charge is -2.12. The maximum atomic E-state index is 3.49. The first kappa shape index (κ1) is 10.6. The molecule has 12 heavy (non-hydrogen) atoms. The third-order valence-electron chi connectivity index (χ3n) is 2.97. The Morgan fingerprint density at radius 2 is 1.58 bits per heavy atom. The highest BCUT2D eigenvalue weighted by molar-refractivity contribution is 9.09. The molecule has 0 aromatic carbocycles. The summed E-state index contributed by atoms with van der Waals surface area (Å²) in [6, 6.07) is 0. The molecule has 0 amide bonds. The Hall–Kier alpha value is 0.480. The maximum absolute atomic E-state index is 3.49. The number of hydrogen-bond acceptors (Lipinski definition) is 0. The topological polar surface area (TPSA) is 0 Å². The summed E-state index contributed by atoms with van der Waals surface area (Å²) < 4.78 is 0. The van der Waals surface area contributed by atoms with Crippen LogP contribution in [-0.4, -0.2) is 5.33 Å². The van der Waals surface area contributed by atoms with E-state index in [0.29, 0.717) is 0 Å². The molecular weight excluding hydrogens is 212 g/mol. The molecule has 1 rings (SSSR count). The summed E-state index contributed by atoms with van der Waals surface area (Å²) in [5.74, 6) is 1.08. The quantitative estimate of drug-likeness (QED) is 0.380. The molecule has 0 nitrogen and oxygen atoms in total. The largest absolute Gasteiger partial charge is 0.0928 e. The minimum absolute atomic E-state index is 1.08. The first-order valence-corrected chi connectivity index (χ1v) is 6.61. The van der Waals surface area contributed by atoms with Gasteiger partial charge in [0.2, 0.25) is 0 Å². The van der Waals surface area contributed by atoms with E-state index in [0.717, 1.165) is 5.92 Å². The molecule has 0 unspecified atom stereocenters. The van der Waals surface area contributed by atoms with Crippen molar-refractivity contribution in [1.82, 2.24) is 0 Å². The molecule has 0 N–H and O–H groups in total. The SMILES string of the molecule is BrCCCCC1CCCCCC1. The summed E-state index contributed by atoms with van der Waals surface area (Å²) >= 11 is 3.49. The van der Waals surface area contributed by atoms with Crippen molar-refractivity contribution in [3.8, 4) is 0 Å². The lowest BCUT2D eigenvalue weighted by atomic mass is 9.94. The fourth-order valence-electron chi connectivity index (χ4n) is 2.18. The van der Waals surface area contributed by atoms with Crippen LogP contribution in [0.15, 0.2) is 0 Å². The molecule has 0 aliphatic heterocycles. The minimum Gasteiger partial charge on any atom is -0.0928 e. The van der Waals surface area contributed by atoms with Crippen molar-refractivity contribution in [2.45, 2.75) is 57.8 Å².